The minimum atomic E-state index is 0.779. The summed E-state index contributed by atoms with van der Waals surface area (Å²) in [6.07, 6.45) is 5.31. The van der Waals surface area contributed by atoms with Crippen molar-refractivity contribution in [3.05, 3.63) is 34.9 Å². The van der Waals surface area contributed by atoms with Gasteiger partial charge in [-0.1, -0.05) is 25.1 Å². The van der Waals surface area contributed by atoms with Crippen molar-refractivity contribution in [2.45, 2.75) is 52.5 Å². The standard InChI is InChI=1S/C16H25N/c1-12(9-10-17-15-7-8-15)11-16-13(2)5-4-6-14(16)3/h4-6,12,15,17H,7-11H2,1-3H3. The summed E-state index contributed by atoms with van der Waals surface area (Å²) in [6.45, 7) is 8.03. The molecule has 17 heavy (non-hydrogen) atoms. The molecule has 1 aliphatic carbocycles. The van der Waals surface area contributed by atoms with Crippen LogP contribution in [0.3, 0.4) is 0 Å². The maximum atomic E-state index is 3.60. The molecule has 1 unspecified atom stereocenters. The highest BCUT2D eigenvalue weighted by molar-refractivity contribution is 5.33. The van der Waals surface area contributed by atoms with Crippen LogP contribution in [0.25, 0.3) is 0 Å². The highest BCUT2D eigenvalue weighted by Gasteiger charge is 2.20. The molecule has 1 saturated carbocycles. The van der Waals surface area contributed by atoms with E-state index in [9.17, 15) is 0 Å². The maximum absolute atomic E-state index is 3.60. The molecule has 1 aromatic rings. The zero-order valence-electron chi connectivity index (χ0n) is 11.4. The lowest BCUT2D eigenvalue weighted by atomic mass is 9.92. The normalized spacial score (nSPS) is 17.1. The summed E-state index contributed by atoms with van der Waals surface area (Å²) in [6, 6.07) is 7.48. The molecule has 0 bridgehead atoms. The third kappa shape index (κ3) is 3.85. The second-order valence-corrected chi connectivity index (χ2v) is 5.70. The summed E-state index contributed by atoms with van der Waals surface area (Å²) in [5, 5.41) is 3.60. The fourth-order valence-electron chi connectivity index (χ4n) is 2.44. The van der Waals surface area contributed by atoms with Crippen LogP contribution in [-0.4, -0.2) is 12.6 Å². The molecule has 0 radical (unpaired) electrons. The Hall–Kier alpha value is -0.820. The predicted molar refractivity (Wildman–Crippen MR) is 74.4 cm³/mol. The summed E-state index contributed by atoms with van der Waals surface area (Å²) in [5.74, 6) is 0.779. The second-order valence-electron chi connectivity index (χ2n) is 5.70. The van der Waals surface area contributed by atoms with Gasteiger partial charge in [0.25, 0.3) is 0 Å². The van der Waals surface area contributed by atoms with E-state index in [-0.39, 0.29) is 0 Å². The van der Waals surface area contributed by atoms with E-state index in [0.29, 0.717) is 0 Å². The van der Waals surface area contributed by atoms with Crippen LogP contribution in [0, 0.1) is 19.8 Å². The molecule has 2 rings (SSSR count). The molecule has 0 spiro atoms. The number of hydrogen-bond donors (Lipinski definition) is 1. The van der Waals surface area contributed by atoms with Crippen molar-refractivity contribution < 1.29 is 0 Å². The van der Waals surface area contributed by atoms with Gasteiger partial charge in [-0.05, 0) is 68.7 Å². The van der Waals surface area contributed by atoms with Crippen LogP contribution >= 0.6 is 0 Å². The number of rotatable bonds is 6. The number of benzene rings is 1. The first-order chi connectivity index (χ1) is 8.16. The summed E-state index contributed by atoms with van der Waals surface area (Å²) < 4.78 is 0. The van der Waals surface area contributed by atoms with Crippen LogP contribution < -0.4 is 5.32 Å². The van der Waals surface area contributed by atoms with Gasteiger partial charge in [0.2, 0.25) is 0 Å². The summed E-state index contributed by atoms with van der Waals surface area (Å²) in [4.78, 5) is 0. The quantitative estimate of drug-likeness (QED) is 0.788. The van der Waals surface area contributed by atoms with Crippen LogP contribution in [0.4, 0.5) is 0 Å². The predicted octanol–water partition coefficient (Wildman–Crippen LogP) is 3.62. The largest absolute Gasteiger partial charge is 0.314 e. The van der Waals surface area contributed by atoms with E-state index in [4.69, 9.17) is 0 Å². The van der Waals surface area contributed by atoms with Crippen molar-refractivity contribution in [2.24, 2.45) is 5.92 Å². The van der Waals surface area contributed by atoms with Crippen molar-refractivity contribution in [1.29, 1.82) is 0 Å². The number of hydrogen-bond acceptors (Lipinski definition) is 1. The molecule has 0 saturated heterocycles. The molecular formula is C16H25N. The summed E-state index contributed by atoms with van der Waals surface area (Å²) >= 11 is 0. The van der Waals surface area contributed by atoms with Gasteiger partial charge in [0.05, 0.1) is 0 Å². The first-order valence-corrected chi connectivity index (χ1v) is 6.95. The van der Waals surface area contributed by atoms with Gasteiger partial charge in [-0.3, -0.25) is 0 Å². The molecule has 0 heterocycles. The maximum Gasteiger partial charge on any atom is 0.00682 e. The number of nitrogens with one attached hydrogen (secondary N) is 1. The second kappa shape index (κ2) is 5.68. The van der Waals surface area contributed by atoms with Crippen molar-refractivity contribution in [1.82, 2.24) is 5.32 Å². The fraction of sp³-hybridized carbons (Fsp3) is 0.625. The highest BCUT2D eigenvalue weighted by Crippen LogP contribution is 2.21. The Morgan fingerprint density at radius 1 is 1.24 bits per heavy atom. The van der Waals surface area contributed by atoms with Gasteiger partial charge in [0.1, 0.15) is 0 Å². The van der Waals surface area contributed by atoms with E-state index < -0.39 is 0 Å². The van der Waals surface area contributed by atoms with Crippen LogP contribution in [0.1, 0.15) is 42.9 Å². The van der Waals surface area contributed by atoms with Gasteiger partial charge >= 0.3 is 0 Å². The molecule has 94 valence electrons. The summed E-state index contributed by atoms with van der Waals surface area (Å²) in [7, 11) is 0. The van der Waals surface area contributed by atoms with Crippen molar-refractivity contribution in [3.63, 3.8) is 0 Å². The molecule has 0 aliphatic heterocycles. The van der Waals surface area contributed by atoms with Crippen LogP contribution in [0.5, 0.6) is 0 Å². The van der Waals surface area contributed by atoms with E-state index in [0.717, 1.165) is 12.0 Å². The van der Waals surface area contributed by atoms with Crippen LogP contribution in [-0.2, 0) is 6.42 Å². The Morgan fingerprint density at radius 3 is 2.47 bits per heavy atom. The Bertz CT molecular complexity index is 346. The molecule has 0 amide bonds. The van der Waals surface area contributed by atoms with E-state index in [2.05, 4.69) is 44.3 Å². The summed E-state index contributed by atoms with van der Waals surface area (Å²) in [5.41, 5.74) is 4.46. The average molecular weight is 231 g/mol. The van der Waals surface area contributed by atoms with Gasteiger partial charge in [0, 0.05) is 6.04 Å². The first kappa shape index (κ1) is 12.6. The molecule has 1 atom stereocenters. The monoisotopic (exact) mass is 231 g/mol. The zero-order valence-corrected chi connectivity index (χ0v) is 11.4. The Labute approximate surface area is 106 Å². The Kier molecular flexibility index (Phi) is 4.22. The average Bonchev–Trinajstić information content (AvgIpc) is 3.08. The van der Waals surface area contributed by atoms with Gasteiger partial charge in [-0.15, -0.1) is 0 Å². The van der Waals surface area contributed by atoms with Crippen molar-refractivity contribution in [3.8, 4) is 0 Å². The Morgan fingerprint density at radius 2 is 1.88 bits per heavy atom. The van der Waals surface area contributed by atoms with E-state index in [1.54, 1.807) is 5.56 Å². The lowest BCUT2D eigenvalue weighted by Gasteiger charge is -2.15. The zero-order chi connectivity index (χ0) is 12.3. The van der Waals surface area contributed by atoms with Gasteiger partial charge in [-0.2, -0.15) is 0 Å². The molecule has 1 aliphatic rings. The molecule has 1 aromatic carbocycles. The van der Waals surface area contributed by atoms with Crippen molar-refractivity contribution in [2.75, 3.05) is 6.54 Å². The third-order valence-corrected chi connectivity index (χ3v) is 3.84. The fourth-order valence-corrected chi connectivity index (χ4v) is 2.44. The third-order valence-electron chi connectivity index (χ3n) is 3.84. The van der Waals surface area contributed by atoms with Crippen molar-refractivity contribution >= 4 is 0 Å². The van der Waals surface area contributed by atoms with Gasteiger partial charge in [0.15, 0.2) is 0 Å². The molecule has 0 aromatic heterocycles. The van der Waals surface area contributed by atoms with Gasteiger partial charge < -0.3 is 5.32 Å². The minimum Gasteiger partial charge on any atom is -0.314 e. The lowest BCUT2D eigenvalue weighted by molar-refractivity contribution is 0.496. The van der Waals surface area contributed by atoms with Crippen LogP contribution in [0.2, 0.25) is 0 Å². The molecule has 1 nitrogen and oxygen atoms in total. The van der Waals surface area contributed by atoms with E-state index >= 15 is 0 Å². The van der Waals surface area contributed by atoms with E-state index in [1.807, 2.05) is 0 Å². The van der Waals surface area contributed by atoms with E-state index in [1.165, 1.54) is 43.4 Å². The molecule has 1 fully saturated rings. The first-order valence-electron chi connectivity index (χ1n) is 6.95. The Balaban J connectivity index is 1.81. The smallest absolute Gasteiger partial charge is 0.00682 e. The molecular weight excluding hydrogens is 206 g/mol. The molecule has 1 N–H and O–H groups in total. The highest BCUT2D eigenvalue weighted by atomic mass is 14.9. The minimum absolute atomic E-state index is 0.779. The SMILES string of the molecule is Cc1cccc(C)c1CC(C)CCNC1CC1. The topological polar surface area (TPSA) is 12.0 Å². The van der Waals surface area contributed by atoms with Gasteiger partial charge in [-0.25, -0.2) is 0 Å². The molecule has 1 heteroatoms. The lowest BCUT2D eigenvalue weighted by Crippen LogP contribution is -2.20. The number of aryl methyl sites for hydroxylation is 2. The van der Waals surface area contributed by atoms with Crippen LogP contribution in [0.15, 0.2) is 18.2 Å².